The second-order valence-electron chi connectivity index (χ2n) is 2.82. The normalized spacial score (nSPS) is 10.8. The first-order valence-corrected chi connectivity index (χ1v) is 4.63. The summed E-state index contributed by atoms with van der Waals surface area (Å²) in [5.74, 6) is -1.02. The molecular weight excluding hydrogens is 223 g/mol. The Morgan fingerprint density at radius 2 is 2.07 bits per heavy atom. The molecule has 0 heterocycles. The quantitative estimate of drug-likeness (QED) is 0.792. The van der Waals surface area contributed by atoms with E-state index in [2.05, 4.69) is 0 Å². The second kappa shape index (κ2) is 4.49. The van der Waals surface area contributed by atoms with Crippen LogP contribution in [0.25, 0.3) is 6.08 Å². The van der Waals surface area contributed by atoms with Gasteiger partial charge in [0.1, 0.15) is 0 Å². The maximum absolute atomic E-state index is 10.3. The van der Waals surface area contributed by atoms with Crippen LogP contribution in [0.3, 0.4) is 0 Å². The van der Waals surface area contributed by atoms with E-state index in [0.29, 0.717) is 15.6 Å². The summed E-state index contributed by atoms with van der Waals surface area (Å²) in [6.07, 6.45) is 2.44. The minimum atomic E-state index is -1.02. The lowest BCUT2D eigenvalue weighted by Crippen LogP contribution is -1.87. The molecule has 0 radical (unpaired) electrons. The van der Waals surface area contributed by atoms with Crippen molar-refractivity contribution in [3.8, 4) is 0 Å². The van der Waals surface area contributed by atoms with Gasteiger partial charge in [-0.1, -0.05) is 29.3 Å². The minimum Gasteiger partial charge on any atom is -0.478 e. The summed E-state index contributed by atoms with van der Waals surface area (Å²) in [5.41, 5.74) is 1.54. The van der Waals surface area contributed by atoms with Crippen molar-refractivity contribution in [2.45, 2.75) is 6.92 Å². The third-order valence-corrected chi connectivity index (χ3v) is 2.42. The fraction of sp³-hybridized carbons (Fsp3) is 0.100. The van der Waals surface area contributed by atoms with Crippen LogP contribution in [0.5, 0.6) is 0 Å². The number of carboxylic acid groups (broad SMARTS) is 1. The molecule has 4 heteroatoms. The number of aryl methyl sites for hydroxylation is 1. The van der Waals surface area contributed by atoms with E-state index in [0.717, 1.165) is 11.6 Å². The maximum Gasteiger partial charge on any atom is 0.328 e. The molecule has 1 aromatic carbocycles. The zero-order valence-electron chi connectivity index (χ0n) is 7.42. The molecule has 0 saturated heterocycles. The van der Waals surface area contributed by atoms with Crippen LogP contribution >= 0.6 is 23.2 Å². The van der Waals surface area contributed by atoms with Gasteiger partial charge in [0.2, 0.25) is 0 Å². The van der Waals surface area contributed by atoms with Crippen LogP contribution in [-0.4, -0.2) is 11.1 Å². The molecule has 0 aromatic heterocycles. The molecule has 1 aromatic rings. The van der Waals surface area contributed by atoms with E-state index in [9.17, 15) is 4.79 Å². The third-order valence-electron chi connectivity index (χ3n) is 1.61. The summed E-state index contributed by atoms with van der Waals surface area (Å²) in [6, 6.07) is 3.50. The van der Waals surface area contributed by atoms with Crippen LogP contribution in [0.1, 0.15) is 11.1 Å². The van der Waals surface area contributed by atoms with E-state index in [1.807, 2.05) is 6.92 Å². The second-order valence-corrected chi connectivity index (χ2v) is 3.61. The van der Waals surface area contributed by atoms with Crippen molar-refractivity contribution >= 4 is 35.2 Å². The average molecular weight is 231 g/mol. The zero-order chi connectivity index (χ0) is 10.7. The van der Waals surface area contributed by atoms with Crippen molar-refractivity contribution < 1.29 is 9.90 Å². The standard InChI is InChI=1S/C10H8Cl2O2/c1-6-4-7(2-3-9(13)14)10(12)8(11)5-6/h2-5H,1H3,(H,13,14)/b3-2+. The highest BCUT2D eigenvalue weighted by Crippen LogP contribution is 2.28. The van der Waals surface area contributed by atoms with Gasteiger partial charge in [-0.25, -0.2) is 4.79 Å². The first-order valence-electron chi connectivity index (χ1n) is 3.87. The van der Waals surface area contributed by atoms with E-state index < -0.39 is 5.97 Å². The summed E-state index contributed by atoms with van der Waals surface area (Å²) >= 11 is 11.7. The molecule has 0 spiro atoms. The Kier molecular flexibility index (Phi) is 3.55. The van der Waals surface area contributed by atoms with Gasteiger partial charge in [0.05, 0.1) is 10.0 Å². The lowest BCUT2D eigenvalue weighted by molar-refractivity contribution is -0.131. The lowest BCUT2D eigenvalue weighted by atomic mass is 10.1. The van der Waals surface area contributed by atoms with Crippen LogP contribution in [0.2, 0.25) is 10.0 Å². The summed E-state index contributed by atoms with van der Waals surface area (Å²) in [5, 5.41) is 9.24. The smallest absolute Gasteiger partial charge is 0.328 e. The maximum atomic E-state index is 10.3. The van der Waals surface area contributed by atoms with Crippen LogP contribution in [0, 0.1) is 6.92 Å². The van der Waals surface area contributed by atoms with E-state index >= 15 is 0 Å². The molecule has 0 amide bonds. The number of rotatable bonds is 2. The third kappa shape index (κ3) is 2.76. The van der Waals surface area contributed by atoms with Gasteiger partial charge in [0.25, 0.3) is 0 Å². The number of hydrogen-bond donors (Lipinski definition) is 1. The summed E-state index contributed by atoms with van der Waals surface area (Å²) < 4.78 is 0. The molecule has 0 saturated carbocycles. The number of aliphatic carboxylic acids is 1. The van der Waals surface area contributed by atoms with Crippen molar-refractivity contribution in [3.05, 3.63) is 39.4 Å². The molecule has 14 heavy (non-hydrogen) atoms. The summed E-state index contributed by atoms with van der Waals surface area (Å²) in [6.45, 7) is 1.86. The van der Waals surface area contributed by atoms with Crippen molar-refractivity contribution in [1.29, 1.82) is 0 Å². The molecule has 0 atom stereocenters. The van der Waals surface area contributed by atoms with Crippen LogP contribution in [-0.2, 0) is 4.79 Å². The Morgan fingerprint density at radius 1 is 1.43 bits per heavy atom. The fourth-order valence-corrected chi connectivity index (χ4v) is 1.49. The predicted octanol–water partition coefficient (Wildman–Crippen LogP) is 3.40. The Labute approximate surface area is 91.8 Å². The van der Waals surface area contributed by atoms with Crippen LogP contribution in [0.4, 0.5) is 0 Å². The average Bonchev–Trinajstić information content (AvgIpc) is 2.08. The Hall–Kier alpha value is -0.990. The van der Waals surface area contributed by atoms with Crippen molar-refractivity contribution in [2.75, 3.05) is 0 Å². The highest BCUT2D eigenvalue weighted by atomic mass is 35.5. The molecule has 1 N–H and O–H groups in total. The SMILES string of the molecule is Cc1cc(Cl)c(Cl)c(/C=C/C(=O)O)c1. The van der Waals surface area contributed by atoms with Gasteiger partial charge >= 0.3 is 5.97 Å². The topological polar surface area (TPSA) is 37.3 Å². The molecule has 2 nitrogen and oxygen atoms in total. The largest absolute Gasteiger partial charge is 0.478 e. The van der Waals surface area contributed by atoms with Gasteiger partial charge in [0, 0.05) is 6.08 Å². The monoisotopic (exact) mass is 230 g/mol. The van der Waals surface area contributed by atoms with E-state index in [-0.39, 0.29) is 0 Å². The molecule has 0 bridgehead atoms. The molecule has 0 fully saturated rings. The Morgan fingerprint density at radius 3 is 2.64 bits per heavy atom. The van der Waals surface area contributed by atoms with Gasteiger partial charge in [-0.05, 0) is 30.2 Å². The number of carbonyl (C=O) groups is 1. The van der Waals surface area contributed by atoms with E-state index in [1.165, 1.54) is 6.08 Å². The number of carboxylic acids is 1. The van der Waals surface area contributed by atoms with Gasteiger partial charge in [-0.15, -0.1) is 0 Å². The van der Waals surface area contributed by atoms with Crippen LogP contribution in [0.15, 0.2) is 18.2 Å². The lowest BCUT2D eigenvalue weighted by Gasteiger charge is -2.02. The molecular formula is C10H8Cl2O2. The number of halogens is 2. The molecule has 74 valence electrons. The first kappa shape index (κ1) is 11.1. The van der Waals surface area contributed by atoms with Crippen molar-refractivity contribution in [3.63, 3.8) is 0 Å². The van der Waals surface area contributed by atoms with E-state index in [1.54, 1.807) is 12.1 Å². The van der Waals surface area contributed by atoms with Gasteiger partial charge in [-0.2, -0.15) is 0 Å². The summed E-state index contributed by atoms with van der Waals surface area (Å²) in [7, 11) is 0. The highest BCUT2D eigenvalue weighted by Gasteiger charge is 2.03. The van der Waals surface area contributed by atoms with Crippen molar-refractivity contribution in [2.24, 2.45) is 0 Å². The van der Waals surface area contributed by atoms with Crippen LogP contribution < -0.4 is 0 Å². The van der Waals surface area contributed by atoms with E-state index in [4.69, 9.17) is 28.3 Å². The minimum absolute atomic E-state index is 0.370. The molecule has 0 aliphatic heterocycles. The summed E-state index contributed by atoms with van der Waals surface area (Å²) in [4.78, 5) is 10.3. The molecule has 1 rings (SSSR count). The number of benzene rings is 1. The predicted molar refractivity (Wildman–Crippen MR) is 57.9 cm³/mol. The van der Waals surface area contributed by atoms with Gasteiger partial charge in [0.15, 0.2) is 0 Å². The molecule has 0 aliphatic rings. The fourth-order valence-electron chi connectivity index (χ4n) is 1.03. The zero-order valence-corrected chi connectivity index (χ0v) is 8.93. The molecule has 0 aliphatic carbocycles. The first-order chi connectivity index (χ1) is 6.50. The number of hydrogen-bond acceptors (Lipinski definition) is 1. The van der Waals surface area contributed by atoms with Crippen molar-refractivity contribution in [1.82, 2.24) is 0 Å². The Bertz CT molecular complexity index is 397. The Balaban J connectivity index is 3.14. The van der Waals surface area contributed by atoms with Gasteiger partial charge < -0.3 is 5.11 Å². The van der Waals surface area contributed by atoms with Gasteiger partial charge in [-0.3, -0.25) is 0 Å². The highest BCUT2D eigenvalue weighted by molar-refractivity contribution is 6.43. The molecule has 0 unspecified atom stereocenters.